The lowest BCUT2D eigenvalue weighted by Gasteiger charge is -2.35. The zero-order valence-electron chi connectivity index (χ0n) is 12.8. The van der Waals surface area contributed by atoms with Gasteiger partial charge in [-0.3, -0.25) is 4.79 Å². The Morgan fingerprint density at radius 3 is 2.38 bits per heavy atom. The van der Waals surface area contributed by atoms with Crippen LogP contribution in [0.1, 0.15) is 26.7 Å². The van der Waals surface area contributed by atoms with Crippen molar-refractivity contribution in [3.63, 3.8) is 0 Å². The number of ether oxygens (including phenoxy) is 1. The SMILES string of the molecule is CC(C)OC(=O)N1CCC(C(N)C(=O)N2CCSC2)CC1. The molecular formula is C14H25N3O3S. The summed E-state index contributed by atoms with van der Waals surface area (Å²) >= 11 is 1.76. The standard InChI is InChI=1S/C14H25N3O3S/c1-10(2)20-14(19)16-5-3-11(4-6-16)12(15)13(18)17-7-8-21-9-17/h10-12H,3-9,15H2,1-2H3. The summed E-state index contributed by atoms with van der Waals surface area (Å²) in [4.78, 5) is 27.7. The Morgan fingerprint density at radius 1 is 1.19 bits per heavy atom. The molecule has 0 radical (unpaired) electrons. The number of amides is 2. The topological polar surface area (TPSA) is 75.9 Å². The van der Waals surface area contributed by atoms with Gasteiger partial charge in [0.25, 0.3) is 0 Å². The Kier molecular flexibility index (Phi) is 5.75. The highest BCUT2D eigenvalue weighted by atomic mass is 32.2. The second-order valence-corrected chi connectivity index (χ2v) is 7.00. The van der Waals surface area contributed by atoms with Crippen LogP contribution in [0.4, 0.5) is 4.79 Å². The van der Waals surface area contributed by atoms with E-state index in [4.69, 9.17) is 10.5 Å². The normalized spacial score (nSPS) is 21.7. The van der Waals surface area contributed by atoms with E-state index < -0.39 is 6.04 Å². The molecule has 21 heavy (non-hydrogen) atoms. The summed E-state index contributed by atoms with van der Waals surface area (Å²) in [5.74, 6) is 1.97. The van der Waals surface area contributed by atoms with E-state index in [1.807, 2.05) is 18.7 Å². The summed E-state index contributed by atoms with van der Waals surface area (Å²) < 4.78 is 5.19. The van der Waals surface area contributed by atoms with Gasteiger partial charge >= 0.3 is 6.09 Å². The number of thioether (sulfide) groups is 1. The third-order valence-electron chi connectivity index (χ3n) is 3.99. The van der Waals surface area contributed by atoms with E-state index in [9.17, 15) is 9.59 Å². The van der Waals surface area contributed by atoms with Crippen LogP contribution >= 0.6 is 11.8 Å². The van der Waals surface area contributed by atoms with E-state index in [0.29, 0.717) is 13.1 Å². The molecule has 2 amide bonds. The molecule has 2 aliphatic rings. The maximum absolute atomic E-state index is 12.3. The van der Waals surface area contributed by atoms with E-state index in [1.165, 1.54) is 0 Å². The zero-order chi connectivity index (χ0) is 15.4. The summed E-state index contributed by atoms with van der Waals surface area (Å²) in [6.07, 6.45) is 1.16. The molecule has 120 valence electrons. The molecule has 6 nitrogen and oxygen atoms in total. The summed E-state index contributed by atoms with van der Waals surface area (Å²) in [5.41, 5.74) is 6.14. The van der Waals surface area contributed by atoms with E-state index >= 15 is 0 Å². The molecule has 2 heterocycles. The third-order valence-corrected chi connectivity index (χ3v) is 4.96. The number of nitrogens with two attached hydrogens (primary N) is 1. The van der Waals surface area contributed by atoms with Crippen LogP contribution in [0.5, 0.6) is 0 Å². The molecular weight excluding hydrogens is 290 g/mol. The molecule has 2 fully saturated rings. The quantitative estimate of drug-likeness (QED) is 0.844. The summed E-state index contributed by atoms with van der Waals surface area (Å²) in [6, 6.07) is -0.438. The van der Waals surface area contributed by atoms with Gasteiger partial charge in [-0.2, -0.15) is 0 Å². The van der Waals surface area contributed by atoms with Gasteiger partial charge in [0.15, 0.2) is 0 Å². The maximum Gasteiger partial charge on any atom is 0.410 e. The van der Waals surface area contributed by atoms with Gasteiger partial charge in [-0.1, -0.05) is 0 Å². The molecule has 1 atom stereocenters. The highest BCUT2D eigenvalue weighted by molar-refractivity contribution is 7.99. The first kappa shape index (κ1) is 16.4. The van der Waals surface area contributed by atoms with Crippen LogP contribution in [-0.2, 0) is 9.53 Å². The third kappa shape index (κ3) is 4.26. The van der Waals surface area contributed by atoms with Crippen LogP contribution in [0, 0.1) is 5.92 Å². The highest BCUT2D eigenvalue weighted by Crippen LogP contribution is 2.23. The van der Waals surface area contributed by atoms with Crippen LogP contribution in [0.25, 0.3) is 0 Å². The zero-order valence-corrected chi connectivity index (χ0v) is 13.6. The monoisotopic (exact) mass is 315 g/mol. The molecule has 0 saturated carbocycles. The predicted molar refractivity (Wildman–Crippen MR) is 82.9 cm³/mol. The molecule has 2 rings (SSSR count). The maximum atomic E-state index is 12.3. The molecule has 0 spiro atoms. The van der Waals surface area contributed by atoms with Gasteiger partial charge in [-0.05, 0) is 32.6 Å². The highest BCUT2D eigenvalue weighted by Gasteiger charge is 2.33. The van der Waals surface area contributed by atoms with Crippen molar-refractivity contribution in [2.75, 3.05) is 31.3 Å². The smallest absolute Gasteiger partial charge is 0.410 e. The number of rotatable bonds is 3. The summed E-state index contributed by atoms with van der Waals surface area (Å²) in [7, 11) is 0. The molecule has 1 unspecified atom stereocenters. The first-order valence-electron chi connectivity index (χ1n) is 7.56. The van der Waals surface area contributed by atoms with E-state index in [-0.39, 0.29) is 24.0 Å². The Labute approximate surface area is 130 Å². The van der Waals surface area contributed by atoms with E-state index in [2.05, 4.69) is 0 Å². The van der Waals surface area contributed by atoms with Crippen molar-refractivity contribution in [1.29, 1.82) is 0 Å². The van der Waals surface area contributed by atoms with Gasteiger partial charge in [0, 0.05) is 25.4 Å². The fourth-order valence-electron chi connectivity index (χ4n) is 2.72. The average Bonchev–Trinajstić information content (AvgIpc) is 2.99. The Hall–Kier alpha value is -0.950. The minimum Gasteiger partial charge on any atom is -0.447 e. The van der Waals surface area contributed by atoms with Gasteiger partial charge in [0.2, 0.25) is 5.91 Å². The molecule has 2 saturated heterocycles. The number of carbonyl (C=O) groups excluding carboxylic acids is 2. The van der Waals surface area contributed by atoms with Gasteiger partial charge in [-0.25, -0.2) is 4.79 Å². The van der Waals surface area contributed by atoms with Gasteiger partial charge in [-0.15, -0.1) is 11.8 Å². The van der Waals surface area contributed by atoms with Crippen molar-refractivity contribution >= 4 is 23.8 Å². The number of piperidine rings is 1. The fourth-order valence-corrected chi connectivity index (χ4v) is 3.67. The number of likely N-dealkylation sites (tertiary alicyclic amines) is 1. The molecule has 0 aliphatic carbocycles. The van der Waals surface area contributed by atoms with Crippen molar-refractivity contribution < 1.29 is 14.3 Å². The minimum atomic E-state index is -0.438. The number of hydrogen-bond acceptors (Lipinski definition) is 5. The van der Waals surface area contributed by atoms with Crippen LogP contribution in [0.3, 0.4) is 0 Å². The Balaban J connectivity index is 1.80. The largest absolute Gasteiger partial charge is 0.447 e. The van der Waals surface area contributed by atoms with Crippen LogP contribution in [0.2, 0.25) is 0 Å². The molecule has 0 bridgehead atoms. The van der Waals surface area contributed by atoms with Gasteiger partial charge in [0.1, 0.15) is 0 Å². The first-order valence-corrected chi connectivity index (χ1v) is 8.72. The first-order chi connectivity index (χ1) is 9.99. The second kappa shape index (κ2) is 7.35. The van der Waals surface area contributed by atoms with Crippen LogP contribution in [0.15, 0.2) is 0 Å². The molecule has 2 N–H and O–H groups in total. The molecule has 0 aromatic heterocycles. The molecule has 0 aromatic rings. The molecule has 0 aromatic carbocycles. The van der Waals surface area contributed by atoms with Gasteiger partial charge in [0.05, 0.1) is 18.0 Å². The van der Waals surface area contributed by atoms with Crippen molar-refractivity contribution in [2.24, 2.45) is 11.7 Å². The summed E-state index contributed by atoms with van der Waals surface area (Å²) in [6.45, 7) is 5.72. The predicted octanol–water partition coefficient (Wildman–Crippen LogP) is 1.10. The number of hydrogen-bond donors (Lipinski definition) is 1. The lowest BCUT2D eigenvalue weighted by molar-refractivity contribution is -0.132. The average molecular weight is 315 g/mol. The minimum absolute atomic E-state index is 0.0585. The van der Waals surface area contributed by atoms with Crippen molar-refractivity contribution in [3.05, 3.63) is 0 Å². The number of carbonyl (C=O) groups is 2. The lowest BCUT2D eigenvalue weighted by atomic mass is 9.89. The van der Waals surface area contributed by atoms with Crippen molar-refractivity contribution in [3.8, 4) is 0 Å². The Bertz CT molecular complexity index is 378. The lowest BCUT2D eigenvalue weighted by Crippen LogP contribution is -2.50. The van der Waals surface area contributed by atoms with Crippen molar-refractivity contribution in [2.45, 2.75) is 38.8 Å². The van der Waals surface area contributed by atoms with E-state index in [0.717, 1.165) is 31.0 Å². The Morgan fingerprint density at radius 2 is 1.86 bits per heavy atom. The fraction of sp³-hybridized carbons (Fsp3) is 0.857. The molecule has 2 aliphatic heterocycles. The molecule has 7 heteroatoms. The summed E-state index contributed by atoms with van der Waals surface area (Å²) in [5, 5.41) is 0. The van der Waals surface area contributed by atoms with Gasteiger partial charge < -0.3 is 20.3 Å². The van der Waals surface area contributed by atoms with Crippen molar-refractivity contribution in [1.82, 2.24) is 9.80 Å². The second-order valence-electron chi connectivity index (χ2n) is 5.92. The van der Waals surface area contributed by atoms with Crippen LogP contribution < -0.4 is 5.73 Å². The number of nitrogens with zero attached hydrogens (tertiary/aromatic N) is 2. The van der Waals surface area contributed by atoms with Crippen LogP contribution in [-0.4, -0.2) is 65.2 Å². The van der Waals surface area contributed by atoms with E-state index in [1.54, 1.807) is 16.7 Å².